The molecule has 1 heterocycles. The molecule has 42 heteroatoms. The minimum Gasteiger partial charge on any atom is -0.391 e. The number of nitrogens with two attached hydrogens (primary N) is 8. The third-order valence-corrected chi connectivity index (χ3v) is 21.8. The van der Waals surface area contributed by atoms with Gasteiger partial charge < -0.3 is 120 Å². The van der Waals surface area contributed by atoms with E-state index in [1.54, 1.807) is 60.7 Å². The lowest BCUT2D eigenvalue weighted by Crippen LogP contribution is -2.60. The summed E-state index contributed by atoms with van der Waals surface area (Å²) in [4.78, 5) is 228. The number of benzene rings is 2. The van der Waals surface area contributed by atoms with Gasteiger partial charge in [0.05, 0.1) is 37.0 Å². The largest absolute Gasteiger partial charge is 0.391 e. The van der Waals surface area contributed by atoms with Crippen LogP contribution in [0.25, 0.3) is 0 Å². The highest BCUT2D eigenvalue weighted by Crippen LogP contribution is 2.27. The van der Waals surface area contributed by atoms with Crippen molar-refractivity contribution >= 4 is 118 Å². The molecule has 3 rings (SSSR count). The van der Waals surface area contributed by atoms with Gasteiger partial charge in [0.1, 0.15) is 54.4 Å². The van der Waals surface area contributed by atoms with Gasteiger partial charge in [-0.1, -0.05) is 145 Å². The lowest BCUT2D eigenvalue weighted by Gasteiger charge is -2.27. The van der Waals surface area contributed by atoms with Gasteiger partial charge in [-0.15, -0.1) is 11.8 Å². The molecule has 12 atom stereocenters. The summed E-state index contributed by atoms with van der Waals surface area (Å²) in [5.41, 5.74) is 46.8. The van der Waals surface area contributed by atoms with Crippen molar-refractivity contribution in [2.75, 3.05) is 64.7 Å². The highest BCUT2D eigenvalue weighted by molar-refractivity contribution is 8.00. The van der Waals surface area contributed by atoms with Gasteiger partial charge in [0, 0.05) is 51.2 Å². The Kier molecular flexibility index (Phi) is 54.5. The summed E-state index contributed by atoms with van der Waals surface area (Å²) in [6.07, 6.45) is 15.2. The monoisotopic (exact) mass is 1790 g/mol. The van der Waals surface area contributed by atoms with Gasteiger partial charge in [-0.05, 0) is 128 Å². The van der Waals surface area contributed by atoms with Gasteiger partial charge in [-0.3, -0.25) is 91.6 Å². The molecule has 0 aliphatic carbocycles. The van der Waals surface area contributed by atoms with Crippen molar-refractivity contribution in [2.45, 2.75) is 279 Å². The number of aliphatic hydroxyl groups is 1. The molecule has 0 bridgehead atoms. The Bertz CT molecular complexity index is 3820. The molecule has 1 aliphatic rings. The van der Waals surface area contributed by atoms with Gasteiger partial charge >= 0.3 is 0 Å². The van der Waals surface area contributed by atoms with Gasteiger partial charge in [-0.25, -0.2) is 0 Å². The summed E-state index contributed by atoms with van der Waals surface area (Å²) in [5, 5.41) is 42.5. The average molecular weight is 1790 g/mol. The quantitative estimate of drug-likeness (QED) is 0.0133. The Labute approximate surface area is 742 Å². The number of unbranched alkanes of at least 4 members (excludes halogenated alkanes) is 14. The van der Waals surface area contributed by atoms with E-state index in [4.69, 9.17) is 45.9 Å². The SMILES string of the molecule is CCCCCCCCCCCCCCCC(=O)NCCCN1C(=O)CC(SC[C@H](NC(=O)[C@H](CCCCN)NC(=O)[C@H](CCCN=C(N)N)NC(=O)[C@H](C)NC(=O)CNC(=O)[C@@H](NC(=O)[C@H](Cc2ccccc2)NC(=O)CNC(=O)CNC(=O)[C@@H](N)Cc2ccccc2)[C@@H](C)O)C(=O)N[C@@H](C)C(=O)N[C@@H](CCCN=C(N)N)C(=O)N[C@@H](CCCCN)C(N)=O)C1=O. The highest BCUT2D eigenvalue weighted by atomic mass is 32.2. The Balaban J connectivity index is 1.83. The first kappa shape index (κ1) is 109. The zero-order valence-corrected chi connectivity index (χ0v) is 74.2. The molecule has 0 radical (unpaired) electrons. The van der Waals surface area contributed by atoms with Gasteiger partial charge in [-0.2, -0.15) is 0 Å². The molecule has 1 fully saturated rings. The number of hydrogen-bond donors (Lipinski definition) is 22. The number of hydrogen-bond acceptors (Lipinski definition) is 23. The molecule has 16 amide bonds. The van der Waals surface area contributed by atoms with Crippen LogP contribution in [0.4, 0.5) is 0 Å². The Morgan fingerprint density at radius 1 is 0.437 bits per heavy atom. The van der Waals surface area contributed by atoms with Crippen LogP contribution in [0.5, 0.6) is 0 Å². The number of rotatable bonds is 67. The van der Waals surface area contributed by atoms with Crippen molar-refractivity contribution in [3.05, 3.63) is 71.8 Å². The maximum absolute atomic E-state index is 14.9. The summed E-state index contributed by atoms with van der Waals surface area (Å²) in [7, 11) is 0. The van der Waals surface area contributed by atoms with Crippen LogP contribution in [0.2, 0.25) is 0 Å². The average Bonchev–Trinajstić information content (AvgIpc) is 1.67. The molecule has 0 spiro atoms. The van der Waals surface area contributed by atoms with Crippen molar-refractivity contribution < 1.29 is 81.8 Å². The maximum Gasteiger partial charge on any atom is 0.245 e. The zero-order valence-electron chi connectivity index (χ0n) is 73.4. The minimum absolute atomic E-state index is 0.0287. The van der Waals surface area contributed by atoms with Crippen LogP contribution >= 0.6 is 11.8 Å². The smallest absolute Gasteiger partial charge is 0.245 e. The van der Waals surface area contributed by atoms with Gasteiger partial charge in [0.2, 0.25) is 94.5 Å². The van der Waals surface area contributed by atoms with E-state index in [0.717, 1.165) is 47.9 Å². The molecule has 2 aromatic rings. The predicted molar refractivity (Wildman–Crippen MR) is 478 cm³/mol. The molecule has 0 aromatic heterocycles. The maximum atomic E-state index is 14.9. The predicted octanol–water partition coefficient (Wildman–Crippen LogP) is -3.37. The Hall–Kier alpha value is -11.1. The van der Waals surface area contributed by atoms with E-state index in [2.05, 4.69) is 86.0 Å². The molecule has 30 N–H and O–H groups in total. The van der Waals surface area contributed by atoms with Crippen molar-refractivity contribution in [3.8, 4) is 0 Å². The summed E-state index contributed by atoms with van der Waals surface area (Å²) >= 11 is 0.846. The second-order valence-corrected chi connectivity index (χ2v) is 32.6. The molecule has 704 valence electrons. The van der Waals surface area contributed by atoms with Crippen LogP contribution in [0, 0.1) is 0 Å². The summed E-state index contributed by atoms with van der Waals surface area (Å²) in [6, 6.07) is 3.05. The molecule has 1 unspecified atom stereocenters. The molecule has 1 aliphatic heterocycles. The molecule has 126 heavy (non-hydrogen) atoms. The number of nitrogens with zero attached hydrogens (tertiary/aromatic N) is 3. The molecule has 1 saturated heterocycles. The fourth-order valence-electron chi connectivity index (χ4n) is 13.2. The summed E-state index contributed by atoms with van der Waals surface area (Å²) < 4.78 is 0. The molecular weight excluding hydrogens is 1650 g/mol. The lowest BCUT2D eigenvalue weighted by molar-refractivity contribution is -0.138. The first-order valence-corrected chi connectivity index (χ1v) is 44.8. The van der Waals surface area contributed by atoms with Gasteiger partial charge in [0.15, 0.2) is 11.9 Å². The van der Waals surface area contributed by atoms with E-state index in [0.29, 0.717) is 37.8 Å². The van der Waals surface area contributed by atoms with Crippen molar-refractivity contribution in [1.29, 1.82) is 0 Å². The number of imide groups is 1. The lowest BCUT2D eigenvalue weighted by atomic mass is 10.0. The first-order chi connectivity index (χ1) is 60.2. The number of likely N-dealkylation sites (tertiary alicyclic amines) is 1. The van der Waals surface area contributed by atoms with Crippen molar-refractivity contribution in [1.82, 2.24) is 74.0 Å². The number of carbonyl (C=O) groups is 16. The van der Waals surface area contributed by atoms with E-state index < -0.39 is 186 Å². The molecular formula is C84H140N24O17S. The fraction of sp³-hybridized carbons (Fsp3) is 0.643. The van der Waals surface area contributed by atoms with E-state index in [9.17, 15) is 81.8 Å². The van der Waals surface area contributed by atoms with Crippen LogP contribution < -0.4 is 115 Å². The number of primary amides is 1. The van der Waals surface area contributed by atoms with E-state index in [1.165, 1.54) is 78.6 Å². The van der Waals surface area contributed by atoms with Crippen LogP contribution in [0.3, 0.4) is 0 Å². The normalized spacial score (nSPS) is 14.9. The topological polar surface area (TPSA) is 686 Å². The number of nitrogens with one attached hydrogen (secondary N) is 13. The highest BCUT2D eigenvalue weighted by Gasteiger charge is 2.41. The summed E-state index contributed by atoms with van der Waals surface area (Å²) in [5.74, 6) is -14.0. The number of thioether (sulfide) groups is 1. The minimum atomic E-state index is -1.75. The Morgan fingerprint density at radius 2 is 0.865 bits per heavy atom. The van der Waals surface area contributed by atoms with Gasteiger partial charge in [0.25, 0.3) is 0 Å². The van der Waals surface area contributed by atoms with Crippen molar-refractivity contribution in [3.63, 3.8) is 0 Å². The number of aliphatic hydroxyl groups excluding tert-OH is 1. The number of amides is 16. The fourth-order valence-corrected chi connectivity index (χ4v) is 14.4. The third kappa shape index (κ3) is 46.2. The number of guanidine groups is 2. The summed E-state index contributed by atoms with van der Waals surface area (Å²) in [6.45, 7) is 4.43. The van der Waals surface area contributed by atoms with E-state index >= 15 is 0 Å². The van der Waals surface area contributed by atoms with E-state index in [-0.39, 0.29) is 121 Å². The Morgan fingerprint density at radius 3 is 1.37 bits per heavy atom. The first-order valence-electron chi connectivity index (χ1n) is 43.8. The zero-order chi connectivity index (χ0) is 93.3. The standard InChI is InChI=1S/C84H140N24O17S/c1-5-6-7-8-9-10-11-12-13-14-15-16-23-39-66(110)93-44-30-45-108-70(114)48-65(82(108)125)126-52-64(80(123)100-54(3)74(117)104-61(37-28-42-94-83(89)90)76(119)102-59(72(88)115)35-24-26-40-85)106-78(121)60(36-25-27-41-86)105-77(120)62(38-29-43-95-84(91)92)103-73(116)53(2)99-68(112)51-98-81(124)71(55(4)109)107-79(122)63(47-57-33-21-18-22-34-57)101-69(113)50-96-67(111)49-97-75(118)58(87)46-56-31-19-17-20-32-56/h17-22,31-34,53-55,58-65,71,109H,5-16,23-30,35-52,85-87H2,1-4H3,(H2,88,115)(H,93,110)(H,96,111)(H,97,118)(H,98,124)(H,99,112)(H,100,123)(H,101,113)(H,102,119)(H,103,116)(H,104,117)(H,105,120)(H,106,121)(H,107,122)(H4,89,90,94)(H4,91,92,95)/t53-,54-,55+,58-,59-,60-,61-,62-,63-,64-,65?,71-/m0/s1. The third-order valence-electron chi connectivity index (χ3n) is 20.5. The second-order valence-electron chi connectivity index (χ2n) is 31.3. The molecule has 41 nitrogen and oxygen atoms in total. The second kappa shape index (κ2) is 62.9. The van der Waals surface area contributed by atoms with E-state index in [1.807, 2.05) is 0 Å². The van der Waals surface area contributed by atoms with Crippen LogP contribution in [-0.2, 0) is 89.6 Å². The molecule has 0 saturated carbocycles. The van der Waals surface area contributed by atoms with Crippen molar-refractivity contribution in [2.24, 2.45) is 55.9 Å². The van der Waals surface area contributed by atoms with Crippen LogP contribution in [0.1, 0.15) is 206 Å². The van der Waals surface area contributed by atoms with Crippen LogP contribution in [-0.4, -0.2) is 253 Å². The molecule has 2 aromatic carbocycles. The van der Waals surface area contributed by atoms with Crippen LogP contribution in [0.15, 0.2) is 70.6 Å². The number of carbonyl (C=O) groups excluding carboxylic acids is 16. The number of aliphatic imine (C=N–C) groups is 2.